The fourth-order valence-electron chi connectivity index (χ4n) is 2.61. The lowest BCUT2D eigenvalue weighted by Crippen LogP contribution is -2.38. The van der Waals surface area contributed by atoms with Crippen LogP contribution < -0.4 is 4.72 Å². The molecule has 0 spiro atoms. The maximum Gasteiger partial charge on any atom is 0.511 e. The molecule has 2 heterocycles. The van der Waals surface area contributed by atoms with Crippen molar-refractivity contribution in [2.45, 2.75) is 51.3 Å². The van der Waals surface area contributed by atoms with Crippen LogP contribution in [0.5, 0.6) is 0 Å². The van der Waals surface area contributed by atoms with E-state index in [1.54, 1.807) is 39.2 Å². The average Bonchev–Trinajstić information content (AvgIpc) is 3.07. The number of carbonyl (C=O) groups is 1. The number of sulfonamides is 1. The molecular weight excluding hydrogens is 425 g/mol. The van der Waals surface area contributed by atoms with Gasteiger partial charge in [-0.15, -0.1) is 0 Å². The number of hydrogen-bond donors (Lipinski definition) is 1. The van der Waals surface area contributed by atoms with Gasteiger partial charge in [0.2, 0.25) is 0 Å². The molecule has 0 aromatic carbocycles. The smallest absolute Gasteiger partial charge is 0.444 e. The van der Waals surface area contributed by atoms with E-state index >= 15 is 0 Å². The van der Waals surface area contributed by atoms with E-state index in [0.717, 1.165) is 5.69 Å². The van der Waals surface area contributed by atoms with Gasteiger partial charge in [-0.05, 0) is 45.7 Å². The van der Waals surface area contributed by atoms with Crippen molar-refractivity contribution in [3.8, 4) is 0 Å². The third-order valence-electron chi connectivity index (χ3n) is 3.97. The molecule has 2 rings (SSSR count). The first-order valence-corrected chi connectivity index (χ1v) is 10.7. The second-order valence-electron chi connectivity index (χ2n) is 7.63. The minimum Gasteiger partial charge on any atom is -0.444 e. The van der Waals surface area contributed by atoms with E-state index in [9.17, 15) is 26.4 Å². The molecule has 0 fully saturated rings. The number of halogens is 3. The molecule has 2 aromatic heterocycles. The molecule has 168 valence electrons. The van der Waals surface area contributed by atoms with Crippen molar-refractivity contribution >= 4 is 21.8 Å². The SMILES string of the molecule is CC(C)(C)OC(=O)N(CCCCNS(=O)(=O)C(F)(F)F)Cc1cccc2nccn12. The molecule has 30 heavy (non-hydrogen) atoms. The summed E-state index contributed by atoms with van der Waals surface area (Å²) in [4.78, 5) is 18.2. The third kappa shape index (κ3) is 6.59. The summed E-state index contributed by atoms with van der Waals surface area (Å²) in [6, 6.07) is 5.44. The van der Waals surface area contributed by atoms with Gasteiger partial charge in [0.05, 0.1) is 6.54 Å². The number of nitrogens with zero attached hydrogens (tertiary/aromatic N) is 3. The van der Waals surface area contributed by atoms with Crippen molar-refractivity contribution in [3.63, 3.8) is 0 Å². The summed E-state index contributed by atoms with van der Waals surface area (Å²) in [6.07, 6.45) is 3.20. The van der Waals surface area contributed by atoms with Gasteiger partial charge in [-0.3, -0.25) is 0 Å². The summed E-state index contributed by atoms with van der Waals surface area (Å²) in [5, 5.41) is 0. The van der Waals surface area contributed by atoms with Crippen molar-refractivity contribution in [3.05, 3.63) is 36.3 Å². The monoisotopic (exact) mass is 450 g/mol. The molecule has 1 amide bonds. The van der Waals surface area contributed by atoms with Crippen LogP contribution in [0.4, 0.5) is 18.0 Å². The Labute approximate surface area is 173 Å². The fourth-order valence-corrected chi connectivity index (χ4v) is 3.19. The van der Waals surface area contributed by atoms with Gasteiger partial charge in [0.25, 0.3) is 0 Å². The first-order valence-electron chi connectivity index (χ1n) is 9.25. The highest BCUT2D eigenvalue weighted by Gasteiger charge is 2.45. The maximum atomic E-state index is 12.6. The van der Waals surface area contributed by atoms with Crippen LogP contribution in [-0.4, -0.2) is 53.0 Å². The Hall–Kier alpha value is -2.34. The number of imidazole rings is 1. The van der Waals surface area contributed by atoms with Crippen molar-refractivity contribution in [1.29, 1.82) is 0 Å². The Balaban J connectivity index is 2.02. The number of hydrogen-bond acceptors (Lipinski definition) is 5. The number of nitrogens with one attached hydrogen (secondary N) is 1. The second kappa shape index (κ2) is 9.21. The minimum absolute atomic E-state index is 0.115. The summed E-state index contributed by atoms with van der Waals surface area (Å²) in [7, 11) is -5.37. The van der Waals surface area contributed by atoms with Gasteiger partial charge in [-0.1, -0.05) is 6.07 Å². The zero-order valence-corrected chi connectivity index (χ0v) is 17.8. The number of unbranched alkanes of at least 4 members (excludes halogenated alkanes) is 1. The number of ether oxygens (including phenoxy) is 1. The molecular formula is C18H25F3N4O4S. The minimum atomic E-state index is -5.37. The van der Waals surface area contributed by atoms with Crippen LogP contribution >= 0.6 is 0 Å². The average molecular weight is 450 g/mol. The van der Waals surface area contributed by atoms with Crippen LogP contribution in [0, 0.1) is 0 Å². The number of amides is 1. The first-order chi connectivity index (χ1) is 13.8. The van der Waals surface area contributed by atoms with Crippen molar-refractivity contribution in [1.82, 2.24) is 19.0 Å². The van der Waals surface area contributed by atoms with E-state index < -0.39 is 27.2 Å². The molecule has 0 radical (unpaired) electrons. The van der Waals surface area contributed by atoms with Crippen molar-refractivity contribution in [2.75, 3.05) is 13.1 Å². The predicted molar refractivity (Wildman–Crippen MR) is 104 cm³/mol. The van der Waals surface area contributed by atoms with Crippen molar-refractivity contribution in [2.24, 2.45) is 0 Å². The quantitative estimate of drug-likeness (QED) is 0.623. The van der Waals surface area contributed by atoms with Crippen LogP contribution in [0.1, 0.15) is 39.3 Å². The summed E-state index contributed by atoms with van der Waals surface area (Å²) in [6.45, 7) is 5.16. The van der Waals surface area contributed by atoms with E-state index in [4.69, 9.17) is 4.74 Å². The molecule has 0 aliphatic carbocycles. The summed E-state index contributed by atoms with van der Waals surface area (Å²) >= 11 is 0. The lowest BCUT2D eigenvalue weighted by Gasteiger charge is -2.27. The lowest BCUT2D eigenvalue weighted by molar-refractivity contribution is -0.0447. The molecule has 0 atom stereocenters. The molecule has 0 unspecified atom stereocenters. The van der Waals surface area contributed by atoms with Crippen LogP contribution in [0.25, 0.3) is 5.65 Å². The zero-order valence-electron chi connectivity index (χ0n) is 16.9. The first kappa shape index (κ1) is 23.9. The molecule has 0 saturated heterocycles. The number of carbonyl (C=O) groups excluding carboxylic acids is 1. The Morgan fingerprint density at radius 2 is 1.93 bits per heavy atom. The van der Waals surface area contributed by atoms with Gasteiger partial charge in [0.15, 0.2) is 0 Å². The van der Waals surface area contributed by atoms with E-state index in [2.05, 4.69) is 4.98 Å². The van der Waals surface area contributed by atoms with E-state index in [1.807, 2.05) is 16.5 Å². The standard InChI is InChI=1S/C18H25F3N4O4S/c1-17(2,3)29-16(26)24(11-5-4-9-23-30(27,28)18(19,20)21)13-14-7-6-8-15-22-10-12-25(14)15/h6-8,10,12,23H,4-5,9,11,13H2,1-3H3. The lowest BCUT2D eigenvalue weighted by atomic mass is 10.2. The molecule has 12 heteroatoms. The van der Waals surface area contributed by atoms with E-state index in [0.29, 0.717) is 5.65 Å². The van der Waals surface area contributed by atoms with Crippen molar-refractivity contribution < 1.29 is 31.1 Å². The summed E-state index contributed by atoms with van der Waals surface area (Å²) in [5.74, 6) is 0. The number of rotatable bonds is 8. The Kier molecular flexibility index (Phi) is 7.35. The Morgan fingerprint density at radius 1 is 1.23 bits per heavy atom. The molecule has 0 bridgehead atoms. The third-order valence-corrected chi connectivity index (χ3v) is 5.16. The van der Waals surface area contributed by atoms with Gasteiger partial charge < -0.3 is 14.0 Å². The molecule has 8 nitrogen and oxygen atoms in total. The zero-order chi connectivity index (χ0) is 22.6. The van der Waals surface area contributed by atoms with Crippen LogP contribution in [0.2, 0.25) is 0 Å². The van der Waals surface area contributed by atoms with Crippen LogP contribution in [-0.2, 0) is 21.3 Å². The topological polar surface area (TPSA) is 93.0 Å². The molecule has 2 aromatic rings. The number of alkyl halides is 3. The summed E-state index contributed by atoms with van der Waals surface area (Å²) in [5.41, 5.74) is -4.59. The van der Waals surface area contributed by atoms with Crippen LogP contribution in [0.3, 0.4) is 0 Å². The van der Waals surface area contributed by atoms with Gasteiger partial charge in [0, 0.05) is 31.2 Å². The number of aromatic nitrogens is 2. The number of fused-ring (bicyclic) bond motifs is 1. The summed E-state index contributed by atoms with van der Waals surface area (Å²) < 4.78 is 67.8. The Morgan fingerprint density at radius 3 is 2.57 bits per heavy atom. The fraction of sp³-hybridized carbons (Fsp3) is 0.556. The van der Waals surface area contributed by atoms with E-state index in [-0.39, 0.29) is 32.5 Å². The predicted octanol–water partition coefficient (Wildman–Crippen LogP) is 3.29. The molecule has 0 saturated carbocycles. The maximum absolute atomic E-state index is 12.6. The largest absolute Gasteiger partial charge is 0.511 e. The van der Waals surface area contributed by atoms with E-state index in [1.165, 1.54) is 9.62 Å². The van der Waals surface area contributed by atoms with Gasteiger partial charge in [0.1, 0.15) is 11.2 Å². The van der Waals surface area contributed by atoms with Crippen LogP contribution in [0.15, 0.2) is 30.6 Å². The van der Waals surface area contributed by atoms with Gasteiger partial charge >= 0.3 is 21.6 Å². The highest BCUT2D eigenvalue weighted by Crippen LogP contribution is 2.21. The Bertz CT molecular complexity index is 968. The van der Waals surface area contributed by atoms with Gasteiger partial charge in [-0.25, -0.2) is 22.9 Å². The molecule has 0 aliphatic rings. The molecule has 1 N–H and O–H groups in total. The molecule has 0 aliphatic heterocycles. The second-order valence-corrected chi connectivity index (χ2v) is 9.38. The highest BCUT2D eigenvalue weighted by atomic mass is 32.2. The normalized spacial score (nSPS) is 12.9. The number of pyridine rings is 1. The van der Waals surface area contributed by atoms with Gasteiger partial charge in [-0.2, -0.15) is 13.2 Å². The highest BCUT2D eigenvalue weighted by molar-refractivity contribution is 7.90.